The Balaban J connectivity index is 2.47. The molecule has 0 bridgehead atoms. The van der Waals surface area contributed by atoms with E-state index in [9.17, 15) is 9.59 Å². The molecule has 0 radical (unpaired) electrons. The molecule has 0 aromatic heterocycles. The lowest BCUT2D eigenvalue weighted by molar-refractivity contribution is -0.143. The summed E-state index contributed by atoms with van der Waals surface area (Å²) in [5.74, 6) is -1.15. The minimum absolute atomic E-state index is 0.0808. The SMILES string of the molecule is CC(C)C[C@H](N)C(=O)N[C@@H](C[C@H]1CCCO1)C(=O)O. The molecule has 6 nitrogen and oxygen atoms in total. The Hall–Kier alpha value is -1.14. The highest BCUT2D eigenvalue weighted by molar-refractivity contribution is 5.86. The summed E-state index contributed by atoms with van der Waals surface area (Å²) in [5.41, 5.74) is 5.74. The van der Waals surface area contributed by atoms with Gasteiger partial charge in [-0.3, -0.25) is 4.79 Å². The highest BCUT2D eigenvalue weighted by atomic mass is 16.5. The van der Waals surface area contributed by atoms with Gasteiger partial charge in [0.25, 0.3) is 0 Å². The van der Waals surface area contributed by atoms with Crippen molar-refractivity contribution in [2.75, 3.05) is 6.61 Å². The molecule has 1 aliphatic heterocycles. The Kier molecular flexibility index (Phi) is 6.24. The number of rotatable bonds is 7. The highest BCUT2D eigenvalue weighted by Crippen LogP contribution is 2.17. The molecule has 1 saturated heterocycles. The number of ether oxygens (including phenoxy) is 1. The maximum Gasteiger partial charge on any atom is 0.326 e. The van der Waals surface area contributed by atoms with Crippen LogP contribution in [-0.2, 0) is 14.3 Å². The van der Waals surface area contributed by atoms with Crippen LogP contribution < -0.4 is 11.1 Å². The van der Waals surface area contributed by atoms with Crippen molar-refractivity contribution < 1.29 is 19.4 Å². The first-order valence-corrected chi connectivity index (χ1v) is 6.80. The molecular formula is C13H24N2O4. The van der Waals surface area contributed by atoms with Crippen LogP contribution in [0.3, 0.4) is 0 Å². The second kappa shape index (κ2) is 7.45. The van der Waals surface area contributed by atoms with Gasteiger partial charge in [0.1, 0.15) is 6.04 Å². The third kappa shape index (κ3) is 5.57. The minimum atomic E-state index is -1.04. The number of carbonyl (C=O) groups is 2. The summed E-state index contributed by atoms with van der Waals surface area (Å²) in [6.45, 7) is 4.60. The average Bonchev–Trinajstić information content (AvgIpc) is 2.79. The zero-order valence-corrected chi connectivity index (χ0v) is 11.6. The van der Waals surface area contributed by atoms with Crippen molar-refractivity contribution in [2.24, 2.45) is 11.7 Å². The second-order valence-corrected chi connectivity index (χ2v) is 5.51. The molecule has 1 rings (SSSR count). The second-order valence-electron chi connectivity index (χ2n) is 5.51. The Morgan fingerprint density at radius 1 is 1.47 bits per heavy atom. The Labute approximate surface area is 113 Å². The van der Waals surface area contributed by atoms with Gasteiger partial charge in [-0.2, -0.15) is 0 Å². The summed E-state index contributed by atoms with van der Waals surface area (Å²) in [5, 5.41) is 11.6. The average molecular weight is 272 g/mol. The van der Waals surface area contributed by atoms with E-state index in [4.69, 9.17) is 15.6 Å². The number of hydrogen-bond donors (Lipinski definition) is 3. The van der Waals surface area contributed by atoms with Crippen LogP contribution in [0.2, 0.25) is 0 Å². The van der Waals surface area contributed by atoms with Crippen molar-refractivity contribution in [3.8, 4) is 0 Å². The molecule has 0 saturated carbocycles. The van der Waals surface area contributed by atoms with E-state index in [2.05, 4.69) is 5.32 Å². The van der Waals surface area contributed by atoms with Gasteiger partial charge in [0, 0.05) is 13.0 Å². The van der Waals surface area contributed by atoms with Crippen LogP contribution in [0.1, 0.15) is 39.5 Å². The van der Waals surface area contributed by atoms with E-state index in [0.717, 1.165) is 12.8 Å². The zero-order chi connectivity index (χ0) is 14.4. The summed E-state index contributed by atoms with van der Waals surface area (Å²) < 4.78 is 5.39. The molecule has 0 spiro atoms. The van der Waals surface area contributed by atoms with Gasteiger partial charge in [-0.05, 0) is 25.2 Å². The lowest BCUT2D eigenvalue weighted by Gasteiger charge is -2.20. The lowest BCUT2D eigenvalue weighted by atomic mass is 10.0. The van der Waals surface area contributed by atoms with Crippen molar-refractivity contribution >= 4 is 11.9 Å². The van der Waals surface area contributed by atoms with E-state index in [-0.39, 0.29) is 6.10 Å². The fourth-order valence-electron chi connectivity index (χ4n) is 2.21. The van der Waals surface area contributed by atoms with Crippen LogP contribution in [0.25, 0.3) is 0 Å². The third-order valence-corrected chi connectivity index (χ3v) is 3.20. The molecule has 0 aromatic carbocycles. The van der Waals surface area contributed by atoms with Crippen LogP contribution >= 0.6 is 0 Å². The molecule has 6 heteroatoms. The topological polar surface area (TPSA) is 102 Å². The van der Waals surface area contributed by atoms with E-state index >= 15 is 0 Å². The summed E-state index contributed by atoms with van der Waals surface area (Å²) in [6, 6.07) is -1.58. The first kappa shape index (κ1) is 15.9. The Morgan fingerprint density at radius 2 is 2.16 bits per heavy atom. The van der Waals surface area contributed by atoms with E-state index < -0.39 is 24.0 Å². The van der Waals surface area contributed by atoms with E-state index in [1.807, 2.05) is 13.8 Å². The zero-order valence-electron chi connectivity index (χ0n) is 11.6. The molecule has 3 atom stereocenters. The molecular weight excluding hydrogens is 248 g/mol. The predicted octanol–water partition coefficient (Wildman–Crippen LogP) is 0.498. The maximum absolute atomic E-state index is 11.8. The quantitative estimate of drug-likeness (QED) is 0.626. The van der Waals surface area contributed by atoms with Gasteiger partial charge in [0.2, 0.25) is 5.91 Å². The minimum Gasteiger partial charge on any atom is -0.480 e. The fourth-order valence-corrected chi connectivity index (χ4v) is 2.21. The number of aliphatic carboxylic acids is 1. The molecule has 1 aliphatic rings. The van der Waals surface area contributed by atoms with Crippen molar-refractivity contribution in [3.63, 3.8) is 0 Å². The van der Waals surface area contributed by atoms with Gasteiger partial charge in [-0.1, -0.05) is 13.8 Å². The van der Waals surface area contributed by atoms with Crippen molar-refractivity contribution in [1.82, 2.24) is 5.32 Å². The van der Waals surface area contributed by atoms with Gasteiger partial charge in [0.05, 0.1) is 12.1 Å². The molecule has 19 heavy (non-hydrogen) atoms. The number of nitrogens with two attached hydrogens (primary N) is 1. The number of hydrogen-bond acceptors (Lipinski definition) is 4. The van der Waals surface area contributed by atoms with E-state index in [1.165, 1.54) is 0 Å². The van der Waals surface area contributed by atoms with Crippen LogP contribution in [0.5, 0.6) is 0 Å². The Morgan fingerprint density at radius 3 is 2.63 bits per heavy atom. The van der Waals surface area contributed by atoms with Crippen molar-refractivity contribution in [2.45, 2.75) is 57.7 Å². The summed E-state index contributed by atoms with van der Waals surface area (Å²) in [4.78, 5) is 23.0. The molecule has 110 valence electrons. The molecule has 0 unspecified atom stereocenters. The first-order chi connectivity index (χ1) is 8.90. The third-order valence-electron chi connectivity index (χ3n) is 3.20. The molecule has 0 aliphatic carbocycles. The number of amides is 1. The predicted molar refractivity (Wildman–Crippen MR) is 70.6 cm³/mol. The summed E-state index contributed by atoms with van der Waals surface area (Å²) in [7, 11) is 0. The van der Waals surface area contributed by atoms with Crippen LogP contribution in [-0.4, -0.2) is 41.8 Å². The highest BCUT2D eigenvalue weighted by Gasteiger charge is 2.28. The normalized spacial score (nSPS) is 22.2. The molecule has 4 N–H and O–H groups in total. The lowest BCUT2D eigenvalue weighted by Crippen LogP contribution is -2.49. The smallest absolute Gasteiger partial charge is 0.326 e. The van der Waals surface area contributed by atoms with Gasteiger partial charge < -0.3 is 20.9 Å². The number of carboxylic acid groups (broad SMARTS) is 1. The maximum atomic E-state index is 11.8. The fraction of sp³-hybridized carbons (Fsp3) is 0.846. The van der Waals surface area contributed by atoms with Gasteiger partial charge in [-0.25, -0.2) is 4.79 Å². The number of carbonyl (C=O) groups excluding carboxylic acids is 1. The van der Waals surface area contributed by atoms with Crippen molar-refractivity contribution in [3.05, 3.63) is 0 Å². The standard InChI is InChI=1S/C13H24N2O4/c1-8(2)6-10(14)12(16)15-11(13(17)18)7-9-4-3-5-19-9/h8-11H,3-7,14H2,1-2H3,(H,15,16)(H,17,18)/t9-,10+,11+/m1/s1. The van der Waals surface area contributed by atoms with Gasteiger partial charge in [0.15, 0.2) is 0 Å². The van der Waals surface area contributed by atoms with Gasteiger partial charge in [-0.15, -0.1) is 0 Å². The van der Waals surface area contributed by atoms with Crippen LogP contribution in [0.4, 0.5) is 0 Å². The number of carboxylic acids is 1. The Bertz CT molecular complexity index is 314. The van der Waals surface area contributed by atoms with E-state index in [1.54, 1.807) is 0 Å². The first-order valence-electron chi connectivity index (χ1n) is 6.80. The van der Waals surface area contributed by atoms with E-state index in [0.29, 0.717) is 25.4 Å². The van der Waals surface area contributed by atoms with Gasteiger partial charge >= 0.3 is 5.97 Å². The van der Waals surface area contributed by atoms with Crippen molar-refractivity contribution in [1.29, 1.82) is 0 Å². The molecule has 1 fully saturated rings. The molecule has 0 aromatic rings. The summed E-state index contributed by atoms with van der Waals surface area (Å²) >= 11 is 0. The molecule has 1 amide bonds. The molecule has 1 heterocycles. The monoisotopic (exact) mass is 272 g/mol. The van der Waals surface area contributed by atoms with Crippen LogP contribution in [0.15, 0.2) is 0 Å². The van der Waals surface area contributed by atoms with Crippen LogP contribution in [0, 0.1) is 5.92 Å². The largest absolute Gasteiger partial charge is 0.480 e. The number of nitrogens with one attached hydrogen (secondary N) is 1. The summed E-state index contributed by atoms with van der Waals surface area (Å²) in [6.07, 6.45) is 2.55.